The number of nitrogen functional groups attached to an aromatic ring is 1. The van der Waals surface area contributed by atoms with Gasteiger partial charge in [-0.1, -0.05) is 6.92 Å². The molecule has 0 aliphatic heterocycles. The Morgan fingerprint density at radius 1 is 1.15 bits per heavy atom. The average molecular weight is 272 g/mol. The minimum absolute atomic E-state index is 0.503. The molecule has 0 radical (unpaired) electrons. The minimum Gasteiger partial charge on any atom is -0.494 e. The molecular weight excluding hydrogens is 252 g/mol. The first kappa shape index (κ1) is 14.1. The standard InChI is InChI=1S/C15H20N4O/c1-4-9-20-13-7-5-12(6-8-13)19-15-10(2)14(16)17-11(3)18-15/h5-8H,4,9H2,1-3H3,(H3,16,17,18,19). The highest BCUT2D eigenvalue weighted by Crippen LogP contribution is 2.23. The molecule has 0 spiro atoms. The molecule has 20 heavy (non-hydrogen) atoms. The first-order valence-corrected chi connectivity index (χ1v) is 6.70. The van der Waals surface area contributed by atoms with Crippen molar-refractivity contribution in [1.82, 2.24) is 9.97 Å². The molecule has 5 heteroatoms. The number of nitrogens with two attached hydrogens (primary N) is 1. The van der Waals surface area contributed by atoms with Gasteiger partial charge >= 0.3 is 0 Å². The highest BCUT2D eigenvalue weighted by atomic mass is 16.5. The van der Waals surface area contributed by atoms with Gasteiger partial charge in [-0.05, 0) is 44.5 Å². The Kier molecular flexibility index (Phi) is 4.40. The van der Waals surface area contributed by atoms with Crippen LogP contribution in [-0.4, -0.2) is 16.6 Å². The van der Waals surface area contributed by atoms with Crippen LogP contribution in [0.1, 0.15) is 24.7 Å². The van der Waals surface area contributed by atoms with Crippen LogP contribution in [0.3, 0.4) is 0 Å². The summed E-state index contributed by atoms with van der Waals surface area (Å²) in [5.74, 6) is 2.76. The lowest BCUT2D eigenvalue weighted by molar-refractivity contribution is 0.317. The fourth-order valence-corrected chi connectivity index (χ4v) is 1.76. The summed E-state index contributed by atoms with van der Waals surface area (Å²) in [7, 11) is 0. The van der Waals surface area contributed by atoms with E-state index in [1.165, 1.54) is 0 Å². The predicted octanol–water partition coefficient (Wildman–Crippen LogP) is 3.21. The molecule has 106 valence electrons. The predicted molar refractivity (Wildman–Crippen MR) is 81.4 cm³/mol. The highest BCUT2D eigenvalue weighted by Gasteiger charge is 2.06. The second-order valence-electron chi connectivity index (χ2n) is 4.63. The van der Waals surface area contributed by atoms with E-state index in [9.17, 15) is 0 Å². The van der Waals surface area contributed by atoms with Crippen LogP contribution in [0.15, 0.2) is 24.3 Å². The highest BCUT2D eigenvalue weighted by molar-refractivity contribution is 5.64. The van der Waals surface area contributed by atoms with Crippen molar-refractivity contribution >= 4 is 17.3 Å². The molecule has 1 aromatic heterocycles. The van der Waals surface area contributed by atoms with Gasteiger partial charge in [-0.3, -0.25) is 0 Å². The molecule has 0 bridgehead atoms. The van der Waals surface area contributed by atoms with Crippen molar-refractivity contribution < 1.29 is 4.74 Å². The number of nitrogens with one attached hydrogen (secondary N) is 1. The van der Waals surface area contributed by atoms with Gasteiger partial charge in [0.05, 0.1) is 6.61 Å². The summed E-state index contributed by atoms with van der Waals surface area (Å²) < 4.78 is 5.55. The molecule has 2 aromatic rings. The van der Waals surface area contributed by atoms with Crippen LogP contribution in [0, 0.1) is 13.8 Å². The number of rotatable bonds is 5. The van der Waals surface area contributed by atoms with E-state index >= 15 is 0 Å². The number of aryl methyl sites for hydroxylation is 1. The molecular formula is C15H20N4O. The van der Waals surface area contributed by atoms with Gasteiger partial charge < -0.3 is 15.8 Å². The zero-order valence-electron chi connectivity index (χ0n) is 12.1. The van der Waals surface area contributed by atoms with Crippen LogP contribution >= 0.6 is 0 Å². The smallest absolute Gasteiger partial charge is 0.139 e. The van der Waals surface area contributed by atoms with Gasteiger partial charge in [-0.2, -0.15) is 0 Å². The van der Waals surface area contributed by atoms with Crippen molar-refractivity contribution in [1.29, 1.82) is 0 Å². The van der Waals surface area contributed by atoms with Crippen LogP contribution in [0.5, 0.6) is 5.75 Å². The number of hydrogen-bond acceptors (Lipinski definition) is 5. The van der Waals surface area contributed by atoms with Gasteiger partial charge in [0, 0.05) is 11.3 Å². The first-order valence-electron chi connectivity index (χ1n) is 6.70. The average Bonchev–Trinajstić information content (AvgIpc) is 2.43. The third-order valence-electron chi connectivity index (χ3n) is 2.89. The van der Waals surface area contributed by atoms with Crippen LogP contribution in [0.4, 0.5) is 17.3 Å². The molecule has 0 amide bonds. The normalized spacial score (nSPS) is 10.3. The Labute approximate surface area is 119 Å². The van der Waals surface area contributed by atoms with E-state index in [0.29, 0.717) is 11.6 Å². The molecule has 3 N–H and O–H groups in total. The Hall–Kier alpha value is -2.30. The summed E-state index contributed by atoms with van der Waals surface area (Å²) in [5.41, 5.74) is 7.63. The molecule has 0 saturated carbocycles. The molecule has 5 nitrogen and oxygen atoms in total. The van der Waals surface area contributed by atoms with Crippen LogP contribution in [0.25, 0.3) is 0 Å². The molecule has 0 saturated heterocycles. The maximum absolute atomic E-state index is 5.84. The molecule has 1 aromatic carbocycles. The van der Waals surface area contributed by atoms with Gasteiger partial charge in [0.1, 0.15) is 23.2 Å². The number of nitrogens with zero attached hydrogens (tertiary/aromatic N) is 2. The Morgan fingerprint density at radius 3 is 2.50 bits per heavy atom. The molecule has 0 aliphatic carbocycles. The van der Waals surface area contributed by atoms with Crippen LogP contribution in [-0.2, 0) is 0 Å². The van der Waals surface area contributed by atoms with Gasteiger partial charge in [0.15, 0.2) is 0 Å². The summed E-state index contributed by atoms with van der Waals surface area (Å²) in [5, 5.41) is 3.25. The molecule has 2 rings (SSSR count). The van der Waals surface area contributed by atoms with Crippen molar-refractivity contribution in [2.24, 2.45) is 0 Å². The van der Waals surface area contributed by atoms with Crippen LogP contribution in [0.2, 0.25) is 0 Å². The van der Waals surface area contributed by atoms with E-state index in [1.54, 1.807) is 0 Å². The summed E-state index contributed by atoms with van der Waals surface area (Å²) in [6.07, 6.45) is 0.999. The lowest BCUT2D eigenvalue weighted by Gasteiger charge is -2.11. The SMILES string of the molecule is CCCOc1ccc(Nc2nc(C)nc(N)c2C)cc1. The fraction of sp³-hybridized carbons (Fsp3) is 0.333. The second kappa shape index (κ2) is 6.23. The number of aromatic nitrogens is 2. The van der Waals surface area contributed by atoms with Gasteiger partial charge in [-0.25, -0.2) is 9.97 Å². The Morgan fingerprint density at radius 2 is 1.85 bits per heavy atom. The lowest BCUT2D eigenvalue weighted by atomic mass is 10.2. The quantitative estimate of drug-likeness (QED) is 0.874. The van der Waals surface area contributed by atoms with Gasteiger partial charge in [-0.15, -0.1) is 0 Å². The Bertz CT molecular complexity index is 581. The van der Waals surface area contributed by atoms with Gasteiger partial charge in [0.25, 0.3) is 0 Å². The topological polar surface area (TPSA) is 73.1 Å². The van der Waals surface area contributed by atoms with Gasteiger partial charge in [0.2, 0.25) is 0 Å². The zero-order chi connectivity index (χ0) is 14.5. The number of hydrogen-bond donors (Lipinski definition) is 2. The summed E-state index contributed by atoms with van der Waals surface area (Å²) >= 11 is 0. The lowest BCUT2D eigenvalue weighted by Crippen LogP contribution is -2.04. The minimum atomic E-state index is 0.503. The molecule has 0 aliphatic rings. The Balaban J connectivity index is 2.14. The third kappa shape index (κ3) is 3.38. The van der Waals surface area contributed by atoms with Crippen molar-refractivity contribution in [3.63, 3.8) is 0 Å². The van der Waals surface area contributed by atoms with Crippen molar-refractivity contribution in [2.45, 2.75) is 27.2 Å². The zero-order valence-corrected chi connectivity index (χ0v) is 12.1. The molecule has 0 unspecified atom stereocenters. The monoisotopic (exact) mass is 272 g/mol. The largest absolute Gasteiger partial charge is 0.494 e. The first-order chi connectivity index (χ1) is 9.60. The second-order valence-corrected chi connectivity index (χ2v) is 4.63. The molecule has 1 heterocycles. The van der Waals surface area contributed by atoms with Crippen molar-refractivity contribution in [3.8, 4) is 5.75 Å². The summed E-state index contributed by atoms with van der Waals surface area (Å²) in [4.78, 5) is 8.50. The van der Waals surface area contributed by atoms with E-state index in [-0.39, 0.29) is 0 Å². The maximum atomic E-state index is 5.84. The number of ether oxygens (including phenoxy) is 1. The van der Waals surface area contributed by atoms with Crippen molar-refractivity contribution in [3.05, 3.63) is 35.7 Å². The maximum Gasteiger partial charge on any atom is 0.139 e. The van der Waals surface area contributed by atoms with E-state index in [1.807, 2.05) is 38.1 Å². The van der Waals surface area contributed by atoms with Crippen molar-refractivity contribution in [2.75, 3.05) is 17.7 Å². The van der Waals surface area contributed by atoms with Crippen LogP contribution < -0.4 is 15.8 Å². The summed E-state index contributed by atoms with van der Waals surface area (Å²) in [6.45, 7) is 6.53. The van der Waals surface area contributed by atoms with E-state index in [4.69, 9.17) is 10.5 Å². The summed E-state index contributed by atoms with van der Waals surface area (Å²) in [6, 6.07) is 7.78. The third-order valence-corrected chi connectivity index (χ3v) is 2.89. The molecule has 0 atom stereocenters. The van der Waals surface area contributed by atoms with E-state index < -0.39 is 0 Å². The van der Waals surface area contributed by atoms with E-state index in [0.717, 1.165) is 35.8 Å². The number of benzene rings is 1. The number of anilines is 3. The van der Waals surface area contributed by atoms with E-state index in [2.05, 4.69) is 22.2 Å². The fourth-order valence-electron chi connectivity index (χ4n) is 1.76. The molecule has 0 fully saturated rings.